The lowest BCUT2D eigenvalue weighted by Crippen LogP contribution is -2.48. The summed E-state index contributed by atoms with van der Waals surface area (Å²) in [4.78, 5) is 13.7. The van der Waals surface area contributed by atoms with Crippen LogP contribution in [0.5, 0.6) is 0 Å². The average molecular weight is 254 g/mol. The molecule has 0 heterocycles. The van der Waals surface area contributed by atoms with Gasteiger partial charge in [-0.25, -0.2) is 4.79 Å². The maximum absolute atomic E-state index is 12.0. The van der Waals surface area contributed by atoms with Gasteiger partial charge in [0.25, 0.3) is 0 Å². The zero-order valence-corrected chi connectivity index (χ0v) is 11.6. The van der Waals surface area contributed by atoms with E-state index in [-0.39, 0.29) is 12.1 Å². The summed E-state index contributed by atoms with van der Waals surface area (Å²) < 4.78 is 0. The second kappa shape index (κ2) is 5.91. The van der Waals surface area contributed by atoms with Crippen LogP contribution < -0.4 is 5.32 Å². The van der Waals surface area contributed by atoms with Gasteiger partial charge in [-0.05, 0) is 37.5 Å². The largest absolute Gasteiger partial charge is 0.391 e. The molecular weight excluding hydrogens is 228 g/mol. The highest BCUT2D eigenvalue weighted by molar-refractivity contribution is 5.74. The standard InChI is InChI=1S/C14H26N2O2/c1-10-5-3-4-6-12(10)15-14(18)16(2)9-13(17)11-7-8-11/h10-13,17H,3-9H2,1-2H3,(H,15,18). The molecule has 104 valence electrons. The normalized spacial score (nSPS) is 29.7. The molecule has 0 aromatic carbocycles. The van der Waals surface area contributed by atoms with Crippen LogP contribution in [-0.2, 0) is 0 Å². The van der Waals surface area contributed by atoms with E-state index in [1.165, 1.54) is 19.3 Å². The van der Waals surface area contributed by atoms with Crippen LogP contribution in [0.2, 0.25) is 0 Å². The van der Waals surface area contributed by atoms with Crippen LogP contribution in [0.4, 0.5) is 4.79 Å². The van der Waals surface area contributed by atoms with E-state index in [1.54, 1.807) is 11.9 Å². The van der Waals surface area contributed by atoms with Crippen LogP contribution in [-0.4, -0.2) is 41.8 Å². The van der Waals surface area contributed by atoms with Gasteiger partial charge in [-0.1, -0.05) is 19.8 Å². The number of hydrogen-bond acceptors (Lipinski definition) is 2. The summed E-state index contributed by atoms with van der Waals surface area (Å²) >= 11 is 0. The Labute approximate surface area is 110 Å². The maximum atomic E-state index is 12.0. The molecule has 2 rings (SSSR count). The number of carbonyl (C=O) groups excluding carboxylic acids is 1. The molecule has 0 spiro atoms. The Kier molecular flexibility index (Phi) is 4.49. The number of aliphatic hydroxyl groups excluding tert-OH is 1. The van der Waals surface area contributed by atoms with Crippen molar-refractivity contribution in [3.63, 3.8) is 0 Å². The molecule has 2 aliphatic carbocycles. The summed E-state index contributed by atoms with van der Waals surface area (Å²) in [6.45, 7) is 2.67. The monoisotopic (exact) mass is 254 g/mol. The second-order valence-electron chi connectivity index (χ2n) is 6.10. The average Bonchev–Trinajstić information content (AvgIpc) is 3.15. The fourth-order valence-electron chi connectivity index (χ4n) is 2.79. The number of urea groups is 1. The summed E-state index contributed by atoms with van der Waals surface area (Å²) in [5, 5.41) is 13.0. The molecule has 0 radical (unpaired) electrons. The van der Waals surface area contributed by atoms with Gasteiger partial charge in [0, 0.05) is 19.6 Å². The van der Waals surface area contributed by atoms with Crippen LogP contribution >= 0.6 is 0 Å². The molecule has 2 N–H and O–H groups in total. The van der Waals surface area contributed by atoms with E-state index in [9.17, 15) is 9.90 Å². The summed E-state index contributed by atoms with van der Waals surface area (Å²) in [6, 6.07) is 0.278. The first-order valence-corrected chi connectivity index (χ1v) is 7.27. The van der Waals surface area contributed by atoms with Crippen molar-refractivity contribution in [2.24, 2.45) is 11.8 Å². The number of likely N-dealkylation sites (N-methyl/N-ethyl adjacent to an activating group) is 1. The lowest BCUT2D eigenvalue weighted by atomic mass is 9.86. The Hall–Kier alpha value is -0.770. The van der Waals surface area contributed by atoms with E-state index in [2.05, 4.69) is 12.2 Å². The number of aliphatic hydroxyl groups is 1. The first-order chi connectivity index (χ1) is 8.58. The number of amides is 2. The van der Waals surface area contributed by atoms with Gasteiger partial charge in [-0.15, -0.1) is 0 Å². The topological polar surface area (TPSA) is 52.6 Å². The molecule has 4 nitrogen and oxygen atoms in total. The predicted octanol–water partition coefficient (Wildman–Crippen LogP) is 1.98. The lowest BCUT2D eigenvalue weighted by Gasteiger charge is -2.31. The Balaban J connectivity index is 1.75. The Morgan fingerprint density at radius 3 is 2.61 bits per heavy atom. The van der Waals surface area contributed by atoms with Gasteiger partial charge >= 0.3 is 6.03 Å². The highest BCUT2D eigenvalue weighted by Crippen LogP contribution is 2.32. The van der Waals surface area contributed by atoms with Crippen molar-refractivity contribution in [3.8, 4) is 0 Å². The predicted molar refractivity (Wildman–Crippen MR) is 71.3 cm³/mol. The van der Waals surface area contributed by atoms with Crippen molar-refractivity contribution < 1.29 is 9.90 Å². The van der Waals surface area contributed by atoms with Crippen molar-refractivity contribution in [2.75, 3.05) is 13.6 Å². The van der Waals surface area contributed by atoms with Gasteiger partial charge in [0.2, 0.25) is 0 Å². The molecule has 2 saturated carbocycles. The summed E-state index contributed by atoms with van der Waals surface area (Å²) in [7, 11) is 1.77. The minimum absolute atomic E-state index is 0.0338. The van der Waals surface area contributed by atoms with Gasteiger partial charge in [-0.2, -0.15) is 0 Å². The quantitative estimate of drug-likeness (QED) is 0.806. The minimum atomic E-state index is -0.343. The summed E-state index contributed by atoms with van der Waals surface area (Å²) in [6.07, 6.45) is 6.66. The fraction of sp³-hybridized carbons (Fsp3) is 0.929. The summed E-state index contributed by atoms with van der Waals surface area (Å²) in [5.74, 6) is 0.998. The number of rotatable bonds is 4. The molecule has 0 bridgehead atoms. The van der Waals surface area contributed by atoms with E-state index >= 15 is 0 Å². The minimum Gasteiger partial charge on any atom is -0.391 e. The van der Waals surface area contributed by atoms with Crippen LogP contribution in [0.1, 0.15) is 45.4 Å². The molecular formula is C14H26N2O2. The molecule has 0 aromatic rings. The number of hydrogen-bond donors (Lipinski definition) is 2. The van der Waals surface area contributed by atoms with Gasteiger partial charge in [-0.3, -0.25) is 0 Å². The van der Waals surface area contributed by atoms with Gasteiger partial charge in [0.1, 0.15) is 0 Å². The molecule has 0 aliphatic heterocycles. The molecule has 4 heteroatoms. The van der Waals surface area contributed by atoms with Crippen molar-refractivity contribution in [1.29, 1.82) is 0 Å². The Morgan fingerprint density at radius 1 is 1.33 bits per heavy atom. The van der Waals surface area contributed by atoms with Gasteiger partial charge in [0.05, 0.1) is 6.10 Å². The van der Waals surface area contributed by atoms with Crippen molar-refractivity contribution in [1.82, 2.24) is 10.2 Å². The van der Waals surface area contributed by atoms with Crippen molar-refractivity contribution in [2.45, 2.75) is 57.6 Å². The third-order valence-electron chi connectivity index (χ3n) is 4.39. The molecule has 3 atom stereocenters. The fourth-order valence-corrected chi connectivity index (χ4v) is 2.79. The second-order valence-corrected chi connectivity index (χ2v) is 6.10. The van der Waals surface area contributed by atoms with Gasteiger partial charge < -0.3 is 15.3 Å². The number of nitrogens with one attached hydrogen (secondary N) is 1. The van der Waals surface area contributed by atoms with E-state index in [0.29, 0.717) is 24.4 Å². The molecule has 2 amide bonds. The highest BCUT2D eigenvalue weighted by atomic mass is 16.3. The van der Waals surface area contributed by atoms with E-state index in [0.717, 1.165) is 19.3 Å². The van der Waals surface area contributed by atoms with Gasteiger partial charge in [0.15, 0.2) is 0 Å². The first kappa shape index (κ1) is 13.7. The molecule has 2 aliphatic rings. The molecule has 2 fully saturated rings. The van der Waals surface area contributed by atoms with Crippen molar-refractivity contribution in [3.05, 3.63) is 0 Å². The first-order valence-electron chi connectivity index (χ1n) is 7.27. The zero-order valence-electron chi connectivity index (χ0n) is 11.6. The maximum Gasteiger partial charge on any atom is 0.317 e. The molecule has 3 unspecified atom stereocenters. The highest BCUT2D eigenvalue weighted by Gasteiger charge is 2.31. The van der Waals surface area contributed by atoms with Crippen molar-refractivity contribution >= 4 is 6.03 Å². The van der Waals surface area contributed by atoms with Crippen LogP contribution in [0.25, 0.3) is 0 Å². The van der Waals surface area contributed by atoms with Crippen LogP contribution in [0.15, 0.2) is 0 Å². The van der Waals surface area contributed by atoms with Crippen LogP contribution in [0, 0.1) is 11.8 Å². The number of nitrogens with zero attached hydrogens (tertiary/aromatic N) is 1. The third kappa shape index (κ3) is 3.61. The molecule has 0 aromatic heterocycles. The Bertz CT molecular complexity index is 292. The third-order valence-corrected chi connectivity index (χ3v) is 4.39. The van der Waals surface area contributed by atoms with E-state index in [1.807, 2.05) is 0 Å². The van der Waals surface area contributed by atoms with E-state index in [4.69, 9.17) is 0 Å². The Morgan fingerprint density at radius 2 is 2.00 bits per heavy atom. The van der Waals surface area contributed by atoms with E-state index < -0.39 is 0 Å². The summed E-state index contributed by atoms with van der Waals surface area (Å²) in [5.41, 5.74) is 0. The number of carbonyl (C=O) groups is 1. The molecule has 0 saturated heterocycles. The smallest absolute Gasteiger partial charge is 0.317 e. The zero-order chi connectivity index (χ0) is 13.1. The van der Waals surface area contributed by atoms with Crippen LogP contribution in [0.3, 0.4) is 0 Å². The lowest BCUT2D eigenvalue weighted by molar-refractivity contribution is 0.111. The SMILES string of the molecule is CC1CCCCC1NC(=O)N(C)CC(O)C1CC1. The molecule has 18 heavy (non-hydrogen) atoms.